The van der Waals surface area contributed by atoms with E-state index in [2.05, 4.69) is 6.07 Å². The first-order valence-corrected chi connectivity index (χ1v) is 8.51. The second-order valence-electron chi connectivity index (χ2n) is 5.92. The maximum absolute atomic E-state index is 12.2. The third-order valence-corrected chi connectivity index (χ3v) is 4.68. The van der Waals surface area contributed by atoms with Gasteiger partial charge in [-0.25, -0.2) is 4.79 Å². The minimum Gasteiger partial charge on any atom is -0.457 e. The molecular weight excluding hydrogens is 332 g/mol. The van der Waals surface area contributed by atoms with E-state index < -0.39 is 17.0 Å². The average Bonchev–Trinajstić information content (AvgIpc) is 2.96. The molecule has 1 aliphatic carbocycles. The predicted octanol–water partition coefficient (Wildman–Crippen LogP) is 4.08. The van der Waals surface area contributed by atoms with Crippen LogP contribution in [0, 0.1) is 33.3 Å². The number of unbranched alkanes of at least 4 members (excludes halogenated alkanes) is 1. The first-order chi connectivity index (χ1) is 11.6. The SMILES string of the molecule is N#C[C@H]1[C@H](CCCCCl)CC[C@H]1OC(=O)c1ccc([N+](=O)[O-])cc1. The Kier molecular flexibility index (Phi) is 6.56. The van der Waals surface area contributed by atoms with Crippen LogP contribution in [0.1, 0.15) is 42.5 Å². The van der Waals surface area contributed by atoms with Crippen LogP contribution in [0.2, 0.25) is 0 Å². The number of hydrogen-bond donors (Lipinski definition) is 0. The lowest BCUT2D eigenvalue weighted by Crippen LogP contribution is -2.24. The van der Waals surface area contributed by atoms with Gasteiger partial charge in [-0.3, -0.25) is 10.1 Å². The molecule has 1 saturated carbocycles. The highest BCUT2D eigenvalue weighted by Gasteiger charge is 2.38. The van der Waals surface area contributed by atoms with E-state index in [0.717, 1.165) is 25.7 Å². The third kappa shape index (κ3) is 4.45. The van der Waals surface area contributed by atoms with Gasteiger partial charge in [-0.1, -0.05) is 6.42 Å². The summed E-state index contributed by atoms with van der Waals surface area (Å²) in [6.07, 6.45) is 3.91. The molecule has 1 aliphatic rings. The van der Waals surface area contributed by atoms with E-state index in [4.69, 9.17) is 16.3 Å². The lowest BCUT2D eigenvalue weighted by atomic mass is 9.91. The van der Waals surface area contributed by atoms with Gasteiger partial charge in [-0.2, -0.15) is 5.26 Å². The molecule has 0 saturated heterocycles. The Morgan fingerprint density at radius 2 is 2.04 bits per heavy atom. The minimum absolute atomic E-state index is 0.0818. The Hall–Kier alpha value is -2.13. The van der Waals surface area contributed by atoms with Crippen LogP contribution in [0.25, 0.3) is 0 Å². The fourth-order valence-electron chi connectivity index (χ4n) is 3.11. The quantitative estimate of drug-likeness (QED) is 0.243. The monoisotopic (exact) mass is 350 g/mol. The van der Waals surface area contributed by atoms with Crippen molar-refractivity contribution < 1.29 is 14.5 Å². The van der Waals surface area contributed by atoms with Crippen molar-refractivity contribution in [3.63, 3.8) is 0 Å². The zero-order chi connectivity index (χ0) is 17.5. The van der Waals surface area contributed by atoms with Crippen LogP contribution in [0.5, 0.6) is 0 Å². The first kappa shape index (κ1) is 18.2. The number of nitrogens with zero attached hydrogens (tertiary/aromatic N) is 2. The van der Waals surface area contributed by atoms with E-state index in [1.165, 1.54) is 24.3 Å². The van der Waals surface area contributed by atoms with Gasteiger partial charge in [0.05, 0.1) is 22.5 Å². The highest BCUT2D eigenvalue weighted by atomic mass is 35.5. The molecule has 0 bridgehead atoms. The Labute approximate surface area is 145 Å². The van der Waals surface area contributed by atoms with Gasteiger partial charge in [-0.05, 0) is 43.7 Å². The molecule has 24 heavy (non-hydrogen) atoms. The standard InChI is InChI=1S/C17H19ClN2O4/c18-10-2-1-3-12-6-9-16(15(12)11-19)24-17(21)13-4-7-14(8-5-13)20(22)23/h4-5,7-8,12,15-16H,1-3,6,9-10H2/t12-,15+,16-/m1/s1. The number of carbonyl (C=O) groups excluding carboxylic acids is 1. The van der Waals surface area contributed by atoms with E-state index in [9.17, 15) is 20.2 Å². The molecule has 7 heteroatoms. The van der Waals surface area contributed by atoms with Crippen molar-refractivity contribution in [3.8, 4) is 6.07 Å². The summed E-state index contributed by atoms with van der Waals surface area (Å²) in [6, 6.07) is 7.54. The van der Waals surface area contributed by atoms with Gasteiger partial charge in [-0.15, -0.1) is 11.6 Å². The molecule has 0 aliphatic heterocycles. The van der Waals surface area contributed by atoms with Crippen LogP contribution in [0.4, 0.5) is 5.69 Å². The maximum atomic E-state index is 12.2. The predicted molar refractivity (Wildman–Crippen MR) is 88.7 cm³/mol. The molecule has 2 rings (SSSR count). The first-order valence-electron chi connectivity index (χ1n) is 7.98. The fraction of sp³-hybridized carbons (Fsp3) is 0.529. The second-order valence-corrected chi connectivity index (χ2v) is 6.30. The largest absolute Gasteiger partial charge is 0.457 e. The molecule has 6 nitrogen and oxygen atoms in total. The number of nitro groups is 1. The number of non-ortho nitro benzene ring substituents is 1. The Balaban J connectivity index is 1.95. The highest BCUT2D eigenvalue weighted by molar-refractivity contribution is 6.17. The van der Waals surface area contributed by atoms with Crippen LogP contribution in [-0.4, -0.2) is 22.9 Å². The molecule has 3 atom stereocenters. The van der Waals surface area contributed by atoms with E-state index in [1.54, 1.807) is 0 Å². The van der Waals surface area contributed by atoms with Crippen molar-refractivity contribution in [2.75, 3.05) is 5.88 Å². The second kappa shape index (κ2) is 8.65. The van der Waals surface area contributed by atoms with Gasteiger partial charge >= 0.3 is 5.97 Å². The van der Waals surface area contributed by atoms with E-state index in [1.807, 2.05) is 0 Å². The van der Waals surface area contributed by atoms with Crippen molar-refractivity contribution in [1.82, 2.24) is 0 Å². The molecule has 0 radical (unpaired) electrons. The number of ether oxygens (including phenoxy) is 1. The number of esters is 1. The minimum atomic E-state index is -0.545. The van der Waals surface area contributed by atoms with Crippen LogP contribution in [-0.2, 0) is 4.74 Å². The van der Waals surface area contributed by atoms with Gasteiger partial charge in [0.1, 0.15) is 6.10 Å². The number of benzene rings is 1. The maximum Gasteiger partial charge on any atom is 0.338 e. The normalized spacial score (nSPS) is 22.8. The summed E-state index contributed by atoms with van der Waals surface area (Å²) < 4.78 is 5.48. The number of nitriles is 1. The summed E-state index contributed by atoms with van der Waals surface area (Å²) in [5, 5.41) is 20.0. The molecule has 1 aromatic rings. The molecule has 0 amide bonds. The zero-order valence-electron chi connectivity index (χ0n) is 13.2. The van der Waals surface area contributed by atoms with Crippen molar-refractivity contribution in [3.05, 3.63) is 39.9 Å². The van der Waals surface area contributed by atoms with Gasteiger partial charge in [0.25, 0.3) is 5.69 Å². The topological polar surface area (TPSA) is 93.2 Å². The lowest BCUT2D eigenvalue weighted by Gasteiger charge is -2.18. The number of hydrogen-bond acceptors (Lipinski definition) is 5. The van der Waals surface area contributed by atoms with Gasteiger partial charge in [0, 0.05) is 18.0 Å². The summed E-state index contributed by atoms with van der Waals surface area (Å²) in [6.45, 7) is 0. The third-order valence-electron chi connectivity index (χ3n) is 4.41. The van der Waals surface area contributed by atoms with Crippen molar-refractivity contribution >= 4 is 23.3 Å². The number of halogens is 1. The zero-order valence-corrected chi connectivity index (χ0v) is 13.9. The van der Waals surface area contributed by atoms with Crippen LogP contribution < -0.4 is 0 Å². The molecule has 0 unspecified atom stereocenters. The molecule has 1 aromatic carbocycles. The summed E-state index contributed by atoms with van der Waals surface area (Å²) in [7, 11) is 0. The summed E-state index contributed by atoms with van der Waals surface area (Å²) in [4.78, 5) is 22.3. The van der Waals surface area contributed by atoms with Crippen LogP contribution in [0.3, 0.4) is 0 Å². The number of rotatable bonds is 7. The van der Waals surface area contributed by atoms with Gasteiger partial charge < -0.3 is 4.74 Å². The van der Waals surface area contributed by atoms with Gasteiger partial charge in [0.15, 0.2) is 0 Å². The van der Waals surface area contributed by atoms with Gasteiger partial charge in [0.2, 0.25) is 0 Å². The van der Waals surface area contributed by atoms with E-state index >= 15 is 0 Å². The van der Waals surface area contributed by atoms with E-state index in [-0.39, 0.29) is 23.1 Å². The van der Waals surface area contributed by atoms with E-state index in [0.29, 0.717) is 12.3 Å². The molecule has 0 spiro atoms. The smallest absolute Gasteiger partial charge is 0.338 e. The number of alkyl halides is 1. The Bertz CT molecular complexity index is 626. The highest BCUT2D eigenvalue weighted by Crippen LogP contribution is 2.37. The van der Waals surface area contributed by atoms with Crippen molar-refractivity contribution in [1.29, 1.82) is 5.26 Å². The summed E-state index contributed by atoms with van der Waals surface area (Å²) in [5.74, 6) is -0.00515. The van der Waals surface area contributed by atoms with Crippen molar-refractivity contribution in [2.45, 2.75) is 38.2 Å². The Morgan fingerprint density at radius 3 is 2.62 bits per heavy atom. The molecule has 0 N–H and O–H groups in total. The average molecular weight is 351 g/mol. The molecule has 0 aromatic heterocycles. The number of carbonyl (C=O) groups is 1. The molecule has 1 fully saturated rings. The summed E-state index contributed by atoms with van der Waals surface area (Å²) >= 11 is 5.68. The van der Waals surface area contributed by atoms with Crippen LogP contribution in [0.15, 0.2) is 24.3 Å². The molecule has 128 valence electrons. The molecule has 0 heterocycles. The lowest BCUT2D eigenvalue weighted by molar-refractivity contribution is -0.384. The van der Waals surface area contributed by atoms with Crippen molar-refractivity contribution in [2.24, 2.45) is 11.8 Å². The summed E-state index contributed by atoms with van der Waals surface area (Å²) in [5.41, 5.74) is 0.171. The Morgan fingerprint density at radius 1 is 1.33 bits per heavy atom. The number of nitro benzene ring substituents is 1. The fourth-order valence-corrected chi connectivity index (χ4v) is 3.30. The molecular formula is C17H19ClN2O4. The van der Waals surface area contributed by atoms with Crippen LogP contribution >= 0.6 is 11.6 Å².